The van der Waals surface area contributed by atoms with Crippen LogP contribution in [0.3, 0.4) is 0 Å². The zero-order valence-corrected chi connectivity index (χ0v) is 16.9. The fraction of sp³-hybridized carbons (Fsp3) is 0.222. The van der Waals surface area contributed by atoms with Crippen LogP contribution in [-0.2, 0) is 0 Å². The van der Waals surface area contributed by atoms with E-state index < -0.39 is 0 Å². The standard InChI is InChI=1S/C18H17BrN2O4S/c1-4-25-13-6-5-10(7-12(13)19)17(22)21-18-20-16-14(24-3)8-11(23-2)9-15(16)26-18/h5-9H,4H2,1-3H3,(H,20,21,22). The molecule has 0 fully saturated rings. The van der Waals surface area contributed by atoms with Gasteiger partial charge in [-0.2, -0.15) is 0 Å². The zero-order chi connectivity index (χ0) is 18.7. The number of halogens is 1. The number of nitrogens with one attached hydrogen (secondary N) is 1. The summed E-state index contributed by atoms with van der Waals surface area (Å²) in [6, 6.07) is 8.81. The summed E-state index contributed by atoms with van der Waals surface area (Å²) >= 11 is 4.77. The molecule has 0 radical (unpaired) electrons. The van der Waals surface area contributed by atoms with E-state index in [9.17, 15) is 4.79 Å². The molecular weight excluding hydrogens is 420 g/mol. The molecule has 1 amide bonds. The Bertz CT molecular complexity index is 958. The molecule has 1 heterocycles. The van der Waals surface area contributed by atoms with E-state index in [1.54, 1.807) is 38.5 Å². The molecule has 0 atom stereocenters. The number of thiazole rings is 1. The van der Waals surface area contributed by atoms with Gasteiger partial charge in [-0.25, -0.2) is 4.98 Å². The van der Waals surface area contributed by atoms with Gasteiger partial charge in [0.05, 0.1) is 30.0 Å². The van der Waals surface area contributed by atoms with Crippen LogP contribution in [0.4, 0.5) is 5.13 Å². The van der Waals surface area contributed by atoms with Gasteiger partial charge in [-0.3, -0.25) is 10.1 Å². The van der Waals surface area contributed by atoms with Crippen molar-refractivity contribution in [1.82, 2.24) is 4.98 Å². The molecule has 3 rings (SSSR count). The number of anilines is 1. The highest BCUT2D eigenvalue weighted by atomic mass is 79.9. The summed E-state index contributed by atoms with van der Waals surface area (Å²) in [5.74, 6) is 1.71. The number of fused-ring (bicyclic) bond motifs is 1. The number of nitrogens with zero attached hydrogens (tertiary/aromatic N) is 1. The normalized spacial score (nSPS) is 10.6. The van der Waals surface area contributed by atoms with E-state index in [-0.39, 0.29) is 5.91 Å². The van der Waals surface area contributed by atoms with Gasteiger partial charge < -0.3 is 14.2 Å². The Hall–Kier alpha value is -2.32. The molecule has 136 valence electrons. The van der Waals surface area contributed by atoms with Crippen LogP contribution >= 0.6 is 27.3 Å². The number of benzene rings is 2. The predicted octanol–water partition coefficient (Wildman–Crippen LogP) is 4.73. The number of carbonyl (C=O) groups excluding carboxylic acids is 1. The minimum atomic E-state index is -0.251. The molecule has 0 aliphatic heterocycles. The first-order chi connectivity index (χ1) is 12.5. The van der Waals surface area contributed by atoms with Crippen LogP contribution in [0.2, 0.25) is 0 Å². The molecule has 26 heavy (non-hydrogen) atoms. The Kier molecular flexibility index (Phi) is 5.63. The SMILES string of the molecule is CCOc1ccc(C(=O)Nc2nc3c(OC)cc(OC)cc3s2)cc1Br. The first-order valence-electron chi connectivity index (χ1n) is 7.82. The van der Waals surface area contributed by atoms with Crippen LogP contribution < -0.4 is 19.5 Å². The zero-order valence-electron chi connectivity index (χ0n) is 14.5. The van der Waals surface area contributed by atoms with Gasteiger partial charge >= 0.3 is 0 Å². The molecule has 3 aromatic rings. The fourth-order valence-corrected chi connectivity index (χ4v) is 3.79. The van der Waals surface area contributed by atoms with Crippen molar-refractivity contribution < 1.29 is 19.0 Å². The number of rotatable bonds is 6. The molecule has 0 aliphatic carbocycles. The summed E-state index contributed by atoms with van der Waals surface area (Å²) in [5.41, 5.74) is 1.19. The van der Waals surface area contributed by atoms with E-state index in [1.165, 1.54) is 11.3 Å². The Balaban J connectivity index is 1.86. The van der Waals surface area contributed by atoms with Gasteiger partial charge in [0.15, 0.2) is 5.13 Å². The third-order valence-corrected chi connectivity index (χ3v) is 5.14. The molecule has 0 spiro atoms. The highest BCUT2D eigenvalue weighted by Crippen LogP contribution is 2.36. The Morgan fingerprint density at radius 3 is 2.65 bits per heavy atom. The molecule has 0 saturated heterocycles. The predicted molar refractivity (Wildman–Crippen MR) is 106 cm³/mol. The van der Waals surface area contributed by atoms with E-state index in [1.807, 2.05) is 13.0 Å². The molecule has 2 aromatic carbocycles. The van der Waals surface area contributed by atoms with Gasteiger partial charge in [-0.15, -0.1) is 0 Å². The van der Waals surface area contributed by atoms with Crippen LogP contribution in [0.5, 0.6) is 17.2 Å². The average molecular weight is 437 g/mol. The summed E-state index contributed by atoms with van der Waals surface area (Å²) in [6.07, 6.45) is 0. The van der Waals surface area contributed by atoms with Crippen molar-refractivity contribution >= 4 is 48.5 Å². The molecule has 8 heteroatoms. The maximum Gasteiger partial charge on any atom is 0.257 e. The van der Waals surface area contributed by atoms with Crippen molar-refractivity contribution in [3.63, 3.8) is 0 Å². The summed E-state index contributed by atoms with van der Waals surface area (Å²) < 4.78 is 17.7. The van der Waals surface area contributed by atoms with Crippen LogP contribution in [0.1, 0.15) is 17.3 Å². The minimum absolute atomic E-state index is 0.251. The number of aromatic nitrogens is 1. The van der Waals surface area contributed by atoms with Crippen LogP contribution in [0.25, 0.3) is 10.2 Å². The molecule has 1 aromatic heterocycles. The number of ether oxygens (including phenoxy) is 3. The molecule has 6 nitrogen and oxygen atoms in total. The molecule has 0 bridgehead atoms. The van der Waals surface area contributed by atoms with Crippen molar-refractivity contribution in [1.29, 1.82) is 0 Å². The van der Waals surface area contributed by atoms with Gasteiger partial charge in [0, 0.05) is 11.6 Å². The molecule has 0 aliphatic rings. The van der Waals surface area contributed by atoms with E-state index in [2.05, 4.69) is 26.2 Å². The second kappa shape index (κ2) is 7.92. The van der Waals surface area contributed by atoms with Gasteiger partial charge in [-0.05, 0) is 47.1 Å². The van der Waals surface area contributed by atoms with Crippen molar-refractivity contribution in [2.45, 2.75) is 6.92 Å². The van der Waals surface area contributed by atoms with E-state index >= 15 is 0 Å². The Morgan fingerprint density at radius 2 is 2.00 bits per heavy atom. The first-order valence-corrected chi connectivity index (χ1v) is 9.43. The number of carbonyl (C=O) groups is 1. The second-order valence-electron chi connectivity index (χ2n) is 5.23. The Morgan fingerprint density at radius 1 is 1.19 bits per heavy atom. The summed E-state index contributed by atoms with van der Waals surface area (Å²) in [7, 11) is 3.16. The van der Waals surface area contributed by atoms with Crippen LogP contribution in [0.15, 0.2) is 34.8 Å². The summed E-state index contributed by atoms with van der Waals surface area (Å²) in [5, 5.41) is 3.31. The number of methoxy groups -OCH3 is 2. The van der Waals surface area contributed by atoms with E-state index in [0.717, 1.165) is 9.17 Å². The third kappa shape index (κ3) is 3.76. The van der Waals surface area contributed by atoms with Gasteiger partial charge in [-0.1, -0.05) is 11.3 Å². The monoisotopic (exact) mass is 436 g/mol. The lowest BCUT2D eigenvalue weighted by Crippen LogP contribution is -2.11. The highest BCUT2D eigenvalue weighted by molar-refractivity contribution is 9.10. The molecular formula is C18H17BrN2O4S. The average Bonchev–Trinajstić information content (AvgIpc) is 3.04. The topological polar surface area (TPSA) is 69.7 Å². The maximum absolute atomic E-state index is 12.5. The fourth-order valence-electron chi connectivity index (χ4n) is 2.39. The van der Waals surface area contributed by atoms with Crippen molar-refractivity contribution in [3.05, 3.63) is 40.4 Å². The van der Waals surface area contributed by atoms with Crippen molar-refractivity contribution in [2.75, 3.05) is 26.1 Å². The number of hydrogen-bond acceptors (Lipinski definition) is 6. The first kappa shape index (κ1) is 18.5. The number of hydrogen-bond donors (Lipinski definition) is 1. The van der Waals surface area contributed by atoms with Crippen molar-refractivity contribution in [3.8, 4) is 17.2 Å². The lowest BCUT2D eigenvalue weighted by molar-refractivity contribution is 0.102. The largest absolute Gasteiger partial charge is 0.497 e. The third-order valence-electron chi connectivity index (χ3n) is 3.60. The summed E-state index contributed by atoms with van der Waals surface area (Å²) in [6.45, 7) is 2.46. The Labute approximate surface area is 163 Å². The lowest BCUT2D eigenvalue weighted by Gasteiger charge is -2.07. The van der Waals surface area contributed by atoms with Crippen molar-refractivity contribution in [2.24, 2.45) is 0 Å². The van der Waals surface area contributed by atoms with Crippen LogP contribution in [-0.4, -0.2) is 31.7 Å². The number of amides is 1. The second-order valence-corrected chi connectivity index (χ2v) is 7.11. The smallest absolute Gasteiger partial charge is 0.257 e. The molecule has 0 unspecified atom stereocenters. The minimum Gasteiger partial charge on any atom is -0.497 e. The van der Waals surface area contributed by atoms with Crippen LogP contribution in [0, 0.1) is 0 Å². The van der Waals surface area contributed by atoms with E-state index in [4.69, 9.17) is 14.2 Å². The van der Waals surface area contributed by atoms with E-state index in [0.29, 0.717) is 40.1 Å². The van der Waals surface area contributed by atoms with Gasteiger partial charge in [0.1, 0.15) is 22.8 Å². The van der Waals surface area contributed by atoms with Gasteiger partial charge in [0.25, 0.3) is 5.91 Å². The highest BCUT2D eigenvalue weighted by Gasteiger charge is 2.15. The molecule has 1 N–H and O–H groups in total. The maximum atomic E-state index is 12.5. The lowest BCUT2D eigenvalue weighted by atomic mass is 10.2. The summed E-state index contributed by atoms with van der Waals surface area (Å²) in [4.78, 5) is 17.0. The van der Waals surface area contributed by atoms with Gasteiger partial charge in [0.2, 0.25) is 0 Å². The quantitative estimate of drug-likeness (QED) is 0.604. The molecule has 0 saturated carbocycles.